The number of rotatable bonds is 6. The van der Waals surface area contributed by atoms with Crippen LogP contribution in [0.3, 0.4) is 0 Å². The molecule has 2 aliphatic rings. The van der Waals surface area contributed by atoms with Gasteiger partial charge < -0.3 is 14.8 Å². The molecule has 3 atom stereocenters. The number of hydrogen-bond acceptors (Lipinski definition) is 4. The molecular formula is C21H29NO4. The number of esters is 1. The lowest BCUT2D eigenvalue weighted by molar-refractivity contribution is -0.150. The van der Waals surface area contributed by atoms with Crippen LogP contribution in [0.25, 0.3) is 0 Å². The Balaban J connectivity index is 1.37. The van der Waals surface area contributed by atoms with Gasteiger partial charge in [0.25, 0.3) is 5.91 Å². The van der Waals surface area contributed by atoms with E-state index in [1.54, 1.807) is 0 Å². The number of carbonyl (C=O) groups excluding carboxylic acids is 2. The highest BCUT2D eigenvalue weighted by atomic mass is 16.6. The molecule has 1 amide bonds. The molecule has 0 aliphatic heterocycles. The van der Waals surface area contributed by atoms with E-state index in [-0.39, 0.29) is 25.2 Å². The number of carbonyl (C=O) groups is 2. The molecule has 5 nitrogen and oxygen atoms in total. The summed E-state index contributed by atoms with van der Waals surface area (Å²) in [5.74, 6) is 0.980. The maximum absolute atomic E-state index is 12.0. The Morgan fingerprint density at radius 3 is 2.73 bits per heavy atom. The van der Waals surface area contributed by atoms with Crippen molar-refractivity contribution in [3.05, 3.63) is 29.3 Å². The third kappa shape index (κ3) is 4.77. The maximum atomic E-state index is 12.0. The molecule has 26 heavy (non-hydrogen) atoms. The van der Waals surface area contributed by atoms with Gasteiger partial charge in [0.1, 0.15) is 5.75 Å². The first kappa shape index (κ1) is 18.7. The summed E-state index contributed by atoms with van der Waals surface area (Å²) in [7, 11) is 0. The lowest BCUT2D eigenvalue weighted by Crippen LogP contribution is -2.45. The topological polar surface area (TPSA) is 64.6 Å². The highest BCUT2D eigenvalue weighted by molar-refractivity contribution is 5.81. The van der Waals surface area contributed by atoms with Gasteiger partial charge >= 0.3 is 5.97 Å². The molecule has 0 spiro atoms. The Labute approximate surface area is 155 Å². The normalized spacial score (nSPS) is 24.6. The highest BCUT2D eigenvalue weighted by Gasteiger charge is 2.28. The minimum atomic E-state index is -0.522. The van der Waals surface area contributed by atoms with Crippen molar-refractivity contribution in [2.45, 2.75) is 58.4 Å². The van der Waals surface area contributed by atoms with Crippen LogP contribution in [-0.2, 0) is 27.2 Å². The summed E-state index contributed by atoms with van der Waals surface area (Å²) in [6.07, 6.45) is 6.69. The van der Waals surface area contributed by atoms with E-state index in [1.165, 1.54) is 24.0 Å². The largest absolute Gasteiger partial charge is 0.482 e. The molecule has 0 bridgehead atoms. The Morgan fingerprint density at radius 1 is 1.08 bits per heavy atom. The van der Waals surface area contributed by atoms with Crippen LogP contribution in [0, 0.1) is 11.8 Å². The van der Waals surface area contributed by atoms with Crippen molar-refractivity contribution in [2.75, 3.05) is 13.2 Å². The van der Waals surface area contributed by atoms with E-state index in [2.05, 4.69) is 25.2 Å². The summed E-state index contributed by atoms with van der Waals surface area (Å²) < 4.78 is 10.5. The first-order valence-electron chi connectivity index (χ1n) is 9.72. The van der Waals surface area contributed by atoms with Gasteiger partial charge in [-0.2, -0.15) is 0 Å². The second-order valence-corrected chi connectivity index (χ2v) is 7.67. The Bertz CT molecular complexity index is 657. The first-order chi connectivity index (χ1) is 12.5. The second kappa shape index (κ2) is 8.56. The van der Waals surface area contributed by atoms with E-state index in [0.29, 0.717) is 17.6 Å². The lowest BCUT2D eigenvalue weighted by atomic mass is 9.78. The predicted octanol–water partition coefficient (Wildman–Crippen LogP) is 3.04. The van der Waals surface area contributed by atoms with E-state index < -0.39 is 5.97 Å². The molecule has 5 heteroatoms. The summed E-state index contributed by atoms with van der Waals surface area (Å²) in [4.78, 5) is 23.9. The molecule has 2 aliphatic carbocycles. The van der Waals surface area contributed by atoms with Crippen LogP contribution in [0.15, 0.2) is 18.2 Å². The monoisotopic (exact) mass is 359 g/mol. The van der Waals surface area contributed by atoms with E-state index in [9.17, 15) is 9.59 Å². The molecule has 142 valence electrons. The van der Waals surface area contributed by atoms with Gasteiger partial charge in [-0.15, -0.1) is 0 Å². The summed E-state index contributed by atoms with van der Waals surface area (Å²) in [6.45, 7) is 3.97. The van der Waals surface area contributed by atoms with E-state index in [1.807, 2.05) is 12.1 Å². The van der Waals surface area contributed by atoms with Crippen molar-refractivity contribution < 1.29 is 19.1 Å². The smallest absolute Gasteiger partial charge is 0.344 e. The maximum Gasteiger partial charge on any atom is 0.344 e. The fraction of sp³-hybridized carbons (Fsp3) is 0.619. The molecule has 0 aromatic heterocycles. The molecule has 1 aromatic carbocycles. The zero-order chi connectivity index (χ0) is 18.5. The van der Waals surface area contributed by atoms with Gasteiger partial charge in [0.2, 0.25) is 0 Å². The van der Waals surface area contributed by atoms with Crippen molar-refractivity contribution in [3.63, 3.8) is 0 Å². The number of amides is 1. The lowest BCUT2D eigenvalue weighted by Gasteiger charge is -2.34. The van der Waals surface area contributed by atoms with Crippen molar-refractivity contribution in [2.24, 2.45) is 11.8 Å². The molecule has 1 N–H and O–H groups in total. The van der Waals surface area contributed by atoms with Crippen LogP contribution >= 0.6 is 0 Å². The van der Waals surface area contributed by atoms with Gasteiger partial charge in [-0.25, -0.2) is 4.79 Å². The fourth-order valence-corrected chi connectivity index (χ4v) is 4.00. The fourth-order valence-electron chi connectivity index (χ4n) is 4.00. The van der Waals surface area contributed by atoms with Crippen molar-refractivity contribution in [3.8, 4) is 5.75 Å². The zero-order valence-corrected chi connectivity index (χ0v) is 15.8. The first-order valence-corrected chi connectivity index (χ1v) is 9.72. The second-order valence-electron chi connectivity index (χ2n) is 7.67. The SMILES string of the molecule is C[C@H]1[C@H](C)CCC[C@@H]1NC(=O)COC(=O)COc1ccc2c(c1)CCC2. The zero-order valence-electron chi connectivity index (χ0n) is 15.8. The van der Waals surface area contributed by atoms with Gasteiger partial charge in [-0.3, -0.25) is 4.79 Å². The Kier molecular flexibility index (Phi) is 6.17. The van der Waals surface area contributed by atoms with Crippen molar-refractivity contribution >= 4 is 11.9 Å². The summed E-state index contributed by atoms with van der Waals surface area (Å²) in [5, 5.41) is 3.00. The number of benzene rings is 1. The average Bonchev–Trinajstić information content (AvgIpc) is 3.10. The molecule has 1 aromatic rings. The van der Waals surface area contributed by atoms with Gasteiger partial charge in [0.15, 0.2) is 13.2 Å². The Hall–Kier alpha value is -2.04. The van der Waals surface area contributed by atoms with Crippen LogP contribution < -0.4 is 10.1 Å². The average molecular weight is 359 g/mol. The molecule has 1 fully saturated rings. The van der Waals surface area contributed by atoms with Gasteiger partial charge in [-0.1, -0.05) is 32.8 Å². The molecule has 3 rings (SSSR count). The molecule has 0 radical (unpaired) electrons. The van der Waals surface area contributed by atoms with Crippen molar-refractivity contribution in [1.29, 1.82) is 0 Å². The summed E-state index contributed by atoms with van der Waals surface area (Å²) >= 11 is 0. The third-order valence-electron chi connectivity index (χ3n) is 5.84. The molecule has 1 saturated carbocycles. The molecular weight excluding hydrogens is 330 g/mol. The van der Waals surface area contributed by atoms with E-state index >= 15 is 0 Å². The van der Waals surface area contributed by atoms with Crippen LogP contribution in [0.2, 0.25) is 0 Å². The summed E-state index contributed by atoms with van der Waals surface area (Å²) in [5.41, 5.74) is 2.66. The summed E-state index contributed by atoms with van der Waals surface area (Å²) in [6, 6.07) is 6.11. The van der Waals surface area contributed by atoms with Crippen LogP contribution in [0.4, 0.5) is 0 Å². The number of fused-ring (bicyclic) bond motifs is 1. The van der Waals surface area contributed by atoms with Gasteiger partial charge in [0.05, 0.1) is 0 Å². The third-order valence-corrected chi connectivity index (χ3v) is 5.84. The van der Waals surface area contributed by atoms with Crippen LogP contribution in [-0.4, -0.2) is 31.1 Å². The number of hydrogen-bond donors (Lipinski definition) is 1. The molecule has 0 unspecified atom stereocenters. The van der Waals surface area contributed by atoms with Gasteiger partial charge in [-0.05, 0) is 60.8 Å². The minimum Gasteiger partial charge on any atom is -0.482 e. The quantitative estimate of drug-likeness (QED) is 0.793. The van der Waals surface area contributed by atoms with Crippen molar-refractivity contribution in [1.82, 2.24) is 5.32 Å². The molecule has 0 saturated heterocycles. The Morgan fingerprint density at radius 2 is 1.88 bits per heavy atom. The van der Waals surface area contributed by atoms with E-state index in [4.69, 9.17) is 9.47 Å². The highest BCUT2D eigenvalue weighted by Crippen LogP contribution is 2.29. The van der Waals surface area contributed by atoms with Crippen LogP contribution in [0.1, 0.15) is 50.7 Å². The number of nitrogens with one attached hydrogen (secondary N) is 1. The van der Waals surface area contributed by atoms with E-state index in [0.717, 1.165) is 25.7 Å². The molecule has 0 heterocycles. The number of aryl methyl sites for hydroxylation is 2. The van der Waals surface area contributed by atoms with Gasteiger partial charge in [0, 0.05) is 6.04 Å². The predicted molar refractivity (Wildman–Crippen MR) is 99.0 cm³/mol. The minimum absolute atomic E-state index is 0.174. The van der Waals surface area contributed by atoms with Crippen LogP contribution in [0.5, 0.6) is 5.75 Å². The standard InChI is InChI=1S/C21H29NO4/c1-14-5-3-8-19(15(14)2)22-20(23)12-26-21(24)13-25-18-10-9-16-6-4-7-17(16)11-18/h9-11,14-15,19H,3-8,12-13H2,1-2H3,(H,22,23)/t14-,15+,19+/m1/s1. The number of ether oxygens (including phenoxy) is 2.